The van der Waals surface area contributed by atoms with Gasteiger partial charge in [0.25, 0.3) is 5.91 Å². The maximum atomic E-state index is 12.6. The van der Waals surface area contributed by atoms with Gasteiger partial charge in [-0.2, -0.15) is 5.26 Å². The van der Waals surface area contributed by atoms with Crippen LogP contribution in [-0.4, -0.2) is 54.5 Å². The second-order valence-corrected chi connectivity index (χ2v) is 6.01. The standard InChI is InChI=1S/C18H29N3O3/c1-4-9-20(10-5-2)14-16(13-19)17(22)21-11-7-15(8-12-21)18(23)24-6-3/h14-15H,4-12H2,1-3H3/b16-14-. The molecule has 0 unspecified atom stereocenters. The highest BCUT2D eigenvalue weighted by Gasteiger charge is 2.29. The Hall–Kier alpha value is -2.03. The summed E-state index contributed by atoms with van der Waals surface area (Å²) in [6.07, 6.45) is 4.81. The molecule has 0 atom stereocenters. The summed E-state index contributed by atoms with van der Waals surface area (Å²) in [4.78, 5) is 28.0. The third kappa shape index (κ3) is 5.88. The zero-order valence-corrected chi connectivity index (χ0v) is 15.1. The summed E-state index contributed by atoms with van der Waals surface area (Å²) in [5.74, 6) is -0.560. The molecule has 1 rings (SSSR count). The van der Waals surface area contributed by atoms with Crippen LogP contribution in [0.5, 0.6) is 0 Å². The van der Waals surface area contributed by atoms with Crippen molar-refractivity contribution in [1.29, 1.82) is 5.26 Å². The lowest BCUT2D eigenvalue weighted by molar-refractivity contribution is -0.150. The predicted molar refractivity (Wildman–Crippen MR) is 91.8 cm³/mol. The molecule has 1 amide bonds. The molecule has 6 heteroatoms. The first-order chi connectivity index (χ1) is 11.6. The fraction of sp³-hybridized carbons (Fsp3) is 0.722. The SMILES string of the molecule is CCCN(/C=C(/C#N)C(=O)N1CCC(C(=O)OCC)CC1)CCC. The van der Waals surface area contributed by atoms with Gasteiger partial charge in [0.15, 0.2) is 0 Å². The molecule has 1 saturated heterocycles. The van der Waals surface area contributed by atoms with Gasteiger partial charge in [0.05, 0.1) is 12.5 Å². The lowest BCUT2D eigenvalue weighted by Gasteiger charge is -2.31. The summed E-state index contributed by atoms with van der Waals surface area (Å²) < 4.78 is 5.04. The molecule has 1 aliphatic heterocycles. The number of hydrogen-bond donors (Lipinski definition) is 0. The quantitative estimate of drug-likeness (QED) is 0.387. The molecule has 0 spiro atoms. The van der Waals surface area contributed by atoms with Crippen molar-refractivity contribution in [2.75, 3.05) is 32.8 Å². The maximum Gasteiger partial charge on any atom is 0.309 e. The average Bonchev–Trinajstić information content (AvgIpc) is 2.59. The topological polar surface area (TPSA) is 73.6 Å². The Kier molecular flexibility index (Phi) is 8.92. The number of piperidine rings is 1. The summed E-state index contributed by atoms with van der Waals surface area (Å²) in [5.41, 5.74) is 0.173. The lowest BCUT2D eigenvalue weighted by atomic mass is 9.96. The molecule has 0 aromatic rings. The Balaban J connectivity index is 2.68. The van der Waals surface area contributed by atoms with Crippen LogP contribution in [0.2, 0.25) is 0 Å². The van der Waals surface area contributed by atoms with E-state index in [0.717, 1.165) is 25.9 Å². The van der Waals surface area contributed by atoms with Crippen molar-refractivity contribution in [3.8, 4) is 6.07 Å². The molecule has 134 valence electrons. The highest BCUT2D eigenvalue weighted by molar-refractivity contribution is 5.97. The van der Waals surface area contributed by atoms with Gasteiger partial charge in [0.1, 0.15) is 11.6 Å². The first-order valence-electron chi connectivity index (χ1n) is 8.89. The lowest BCUT2D eigenvalue weighted by Crippen LogP contribution is -2.41. The van der Waals surface area contributed by atoms with Crippen LogP contribution in [0.4, 0.5) is 0 Å². The molecule has 0 aromatic heterocycles. The van der Waals surface area contributed by atoms with Crippen LogP contribution in [0, 0.1) is 17.2 Å². The number of carbonyl (C=O) groups excluding carboxylic acids is 2. The van der Waals surface area contributed by atoms with Crippen molar-refractivity contribution >= 4 is 11.9 Å². The van der Waals surface area contributed by atoms with E-state index in [0.29, 0.717) is 32.5 Å². The summed E-state index contributed by atoms with van der Waals surface area (Å²) in [6.45, 7) is 8.96. The molecule has 0 radical (unpaired) electrons. The van der Waals surface area contributed by atoms with Crippen LogP contribution in [0.25, 0.3) is 0 Å². The number of likely N-dealkylation sites (tertiary alicyclic amines) is 1. The zero-order valence-electron chi connectivity index (χ0n) is 15.1. The van der Waals surface area contributed by atoms with Gasteiger partial charge < -0.3 is 14.5 Å². The Bertz CT molecular complexity index is 482. The summed E-state index contributed by atoms with van der Waals surface area (Å²) in [7, 11) is 0. The van der Waals surface area contributed by atoms with Crippen LogP contribution in [0.1, 0.15) is 46.5 Å². The van der Waals surface area contributed by atoms with Gasteiger partial charge in [-0.15, -0.1) is 0 Å². The largest absolute Gasteiger partial charge is 0.466 e. The smallest absolute Gasteiger partial charge is 0.309 e. The van der Waals surface area contributed by atoms with Gasteiger partial charge in [-0.1, -0.05) is 13.8 Å². The van der Waals surface area contributed by atoms with Gasteiger partial charge in [-0.25, -0.2) is 0 Å². The van der Waals surface area contributed by atoms with Gasteiger partial charge in [-0.3, -0.25) is 9.59 Å². The molecular weight excluding hydrogens is 306 g/mol. The molecule has 0 bridgehead atoms. The van der Waals surface area contributed by atoms with E-state index < -0.39 is 0 Å². The molecule has 0 N–H and O–H groups in total. The Morgan fingerprint density at radius 2 is 1.79 bits per heavy atom. The number of rotatable bonds is 8. The summed E-state index contributed by atoms with van der Waals surface area (Å²) in [5, 5.41) is 9.36. The number of ether oxygens (including phenoxy) is 1. The molecule has 1 aliphatic rings. The second-order valence-electron chi connectivity index (χ2n) is 6.01. The highest BCUT2D eigenvalue weighted by Crippen LogP contribution is 2.20. The minimum Gasteiger partial charge on any atom is -0.466 e. The van der Waals surface area contributed by atoms with E-state index in [1.165, 1.54) is 0 Å². The van der Waals surface area contributed by atoms with E-state index in [1.54, 1.807) is 18.0 Å². The van der Waals surface area contributed by atoms with Crippen molar-refractivity contribution < 1.29 is 14.3 Å². The molecule has 0 saturated carbocycles. The normalized spacial score (nSPS) is 15.8. The van der Waals surface area contributed by atoms with E-state index >= 15 is 0 Å². The van der Waals surface area contributed by atoms with E-state index in [4.69, 9.17) is 4.74 Å². The van der Waals surface area contributed by atoms with Gasteiger partial charge in [-0.05, 0) is 32.6 Å². The number of amides is 1. The minimum absolute atomic E-state index is 0.139. The van der Waals surface area contributed by atoms with Crippen molar-refractivity contribution in [3.63, 3.8) is 0 Å². The molecule has 1 heterocycles. The molecule has 0 aromatic carbocycles. The van der Waals surface area contributed by atoms with Crippen molar-refractivity contribution in [1.82, 2.24) is 9.80 Å². The van der Waals surface area contributed by atoms with Crippen LogP contribution in [0.15, 0.2) is 11.8 Å². The second kappa shape index (κ2) is 10.7. The van der Waals surface area contributed by atoms with Crippen molar-refractivity contribution in [2.24, 2.45) is 5.92 Å². The first-order valence-corrected chi connectivity index (χ1v) is 8.89. The van der Waals surface area contributed by atoms with E-state index in [-0.39, 0.29) is 23.4 Å². The Morgan fingerprint density at radius 1 is 1.21 bits per heavy atom. The fourth-order valence-corrected chi connectivity index (χ4v) is 2.88. The maximum absolute atomic E-state index is 12.6. The number of hydrogen-bond acceptors (Lipinski definition) is 5. The third-order valence-electron chi connectivity index (χ3n) is 4.09. The summed E-state index contributed by atoms with van der Waals surface area (Å²) in [6, 6.07) is 2.04. The van der Waals surface area contributed by atoms with E-state index in [1.807, 2.05) is 11.0 Å². The van der Waals surface area contributed by atoms with Crippen molar-refractivity contribution in [3.05, 3.63) is 11.8 Å². The minimum atomic E-state index is -0.239. The Morgan fingerprint density at radius 3 is 2.25 bits per heavy atom. The fourth-order valence-electron chi connectivity index (χ4n) is 2.88. The average molecular weight is 335 g/mol. The first kappa shape index (κ1) is 20.0. The van der Waals surface area contributed by atoms with Crippen LogP contribution in [-0.2, 0) is 14.3 Å². The number of esters is 1. The van der Waals surface area contributed by atoms with Gasteiger partial charge in [0, 0.05) is 32.4 Å². The van der Waals surface area contributed by atoms with Crippen LogP contribution < -0.4 is 0 Å². The number of nitriles is 1. The summed E-state index contributed by atoms with van der Waals surface area (Å²) >= 11 is 0. The van der Waals surface area contributed by atoms with E-state index in [9.17, 15) is 14.9 Å². The molecule has 24 heavy (non-hydrogen) atoms. The number of carbonyl (C=O) groups is 2. The van der Waals surface area contributed by atoms with Gasteiger partial charge in [0.2, 0.25) is 0 Å². The molecule has 0 aliphatic carbocycles. The zero-order chi connectivity index (χ0) is 17.9. The predicted octanol–water partition coefficient (Wildman–Crippen LogP) is 2.32. The number of nitrogens with zero attached hydrogens (tertiary/aromatic N) is 3. The highest BCUT2D eigenvalue weighted by atomic mass is 16.5. The van der Waals surface area contributed by atoms with Crippen LogP contribution in [0.3, 0.4) is 0 Å². The molecule has 1 fully saturated rings. The molecule has 6 nitrogen and oxygen atoms in total. The van der Waals surface area contributed by atoms with Crippen molar-refractivity contribution in [2.45, 2.75) is 46.5 Å². The Labute approximate surface area is 145 Å². The van der Waals surface area contributed by atoms with Crippen LogP contribution >= 0.6 is 0 Å². The third-order valence-corrected chi connectivity index (χ3v) is 4.09. The van der Waals surface area contributed by atoms with Gasteiger partial charge >= 0.3 is 5.97 Å². The molecular formula is C18H29N3O3. The van der Waals surface area contributed by atoms with E-state index in [2.05, 4.69) is 13.8 Å². The monoisotopic (exact) mass is 335 g/mol.